The average Bonchev–Trinajstić information content (AvgIpc) is 2.01. The number of halogens is 2. The molecule has 0 unspecified atom stereocenters. The number of ether oxygens (including phenoxy) is 1. The summed E-state index contributed by atoms with van der Waals surface area (Å²) >= 11 is 0. The third kappa shape index (κ3) is 3.38. The van der Waals surface area contributed by atoms with Crippen molar-refractivity contribution in [2.75, 3.05) is 0 Å². The molecule has 1 rings (SSSR count). The molecule has 0 heterocycles. The van der Waals surface area contributed by atoms with Gasteiger partial charge in [-0.3, -0.25) is 0 Å². The monoisotopic (exact) mass is 187 g/mol. The Morgan fingerprint density at radius 1 is 1.46 bits per heavy atom. The number of hydrogen-bond acceptors (Lipinski definition) is 2. The SMILES string of the molecule is CC(F)(F)Oc1cccc(CN)c1. The molecule has 72 valence electrons. The molecule has 13 heavy (non-hydrogen) atoms. The van der Waals surface area contributed by atoms with Crippen LogP contribution in [0, 0.1) is 0 Å². The predicted octanol–water partition coefficient (Wildman–Crippen LogP) is 2.14. The van der Waals surface area contributed by atoms with Crippen LogP contribution in [0.1, 0.15) is 12.5 Å². The highest BCUT2D eigenvalue weighted by Crippen LogP contribution is 2.21. The Hall–Kier alpha value is -1.16. The number of benzene rings is 1. The van der Waals surface area contributed by atoms with E-state index < -0.39 is 6.11 Å². The highest BCUT2D eigenvalue weighted by Gasteiger charge is 2.22. The second-order valence-corrected chi connectivity index (χ2v) is 2.76. The highest BCUT2D eigenvalue weighted by atomic mass is 19.3. The van der Waals surface area contributed by atoms with Crippen molar-refractivity contribution in [2.45, 2.75) is 19.6 Å². The molecule has 0 saturated heterocycles. The van der Waals surface area contributed by atoms with E-state index in [-0.39, 0.29) is 5.75 Å². The number of hydrogen-bond donors (Lipinski definition) is 1. The van der Waals surface area contributed by atoms with Crippen LogP contribution in [0.2, 0.25) is 0 Å². The van der Waals surface area contributed by atoms with Gasteiger partial charge in [-0.2, -0.15) is 8.78 Å². The van der Waals surface area contributed by atoms with E-state index >= 15 is 0 Å². The quantitative estimate of drug-likeness (QED) is 0.786. The van der Waals surface area contributed by atoms with Gasteiger partial charge in [0.25, 0.3) is 0 Å². The average molecular weight is 187 g/mol. The maximum absolute atomic E-state index is 12.4. The maximum Gasteiger partial charge on any atom is 0.394 e. The zero-order valence-corrected chi connectivity index (χ0v) is 7.26. The second kappa shape index (κ2) is 3.70. The minimum atomic E-state index is -3.15. The van der Waals surface area contributed by atoms with Gasteiger partial charge in [-0.25, -0.2) is 0 Å². The topological polar surface area (TPSA) is 35.2 Å². The smallest absolute Gasteiger partial charge is 0.394 e. The van der Waals surface area contributed by atoms with Crippen LogP contribution in [0.3, 0.4) is 0 Å². The summed E-state index contributed by atoms with van der Waals surface area (Å²) in [6, 6.07) is 6.35. The molecule has 0 atom stereocenters. The van der Waals surface area contributed by atoms with E-state index in [0.717, 1.165) is 5.56 Å². The van der Waals surface area contributed by atoms with E-state index in [1.54, 1.807) is 12.1 Å². The largest absolute Gasteiger partial charge is 0.433 e. The Bertz CT molecular complexity index is 283. The van der Waals surface area contributed by atoms with Crippen LogP contribution in [-0.4, -0.2) is 6.11 Å². The Morgan fingerprint density at radius 3 is 2.69 bits per heavy atom. The van der Waals surface area contributed by atoms with E-state index in [1.807, 2.05) is 0 Å². The third-order valence-corrected chi connectivity index (χ3v) is 1.43. The molecule has 2 nitrogen and oxygen atoms in total. The summed E-state index contributed by atoms with van der Waals surface area (Å²) in [5.41, 5.74) is 6.10. The van der Waals surface area contributed by atoms with Gasteiger partial charge in [0.2, 0.25) is 0 Å². The van der Waals surface area contributed by atoms with E-state index in [1.165, 1.54) is 12.1 Å². The summed E-state index contributed by atoms with van der Waals surface area (Å²) in [7, 11) is 0. The molecule has 0 spiro atoms. The molecule has 0 saturated carbocycles. The van der Waals surface area contributed by atoms with Crippen LogP contribution in [0.15, 0.2) is 24.3 Å². The first-order chi connectivity index (χ1) is 6.01. The summed E-state index contributed by atoms with van der Waals surface area (Å²) in [5.74, 6) is 0.135. The molecular weight excluding hydrogens is 176 g/mol. The number of nitrogens with two attached hydrogens (primary N) is 1. The van der Waals surface area contributed by atoms with Crippen LogP contribution < -0.4 is 10.5 Å². The summed E-state index contributed by atoms with van der Waals surface area (Å²) in [6.45, 7) is 1.01. The molecule has 0 aromatic heterocycles. The van der Waals surface area contributed by atoms with Gasteiger partial charge in [0.15, 0.2) is 0 Å². The fourth-order valence-corrected chi connectivity index (χ4v) is 0.943. The van der Waals surface area contributed by atoms with Gasteiger partial charge in [-0.05, 0) is 17.7 Å². The molecule has 4 heteroatoms. The van der Waals surface area contributed by atoms with E-state index in [9.17, 15) is 8.78 Å². The molecular formula is C9H11F2NO. The lowest BCUT2D eigenvalue weighted by atomic mass is 10.2. The Morgan fingerprint density at radius 2 is 2.15 bits per heavy atom. The zero-order valence-electron chi connectivity index (χ0n) is 7.26. The lowest BCUT2D eigenvalue weighted by molar-refractivity contribution is -0.158. The van der Waals surface area contributed by atoms with E-state index in [2.05, 4.69) is 4.74 Å². The lowest BCUT2D eigenvalue weighted by Crippen LogP contribution is -2.19. The molecule has 0 aliphatic carbocycles. The Kier molecular flexibility index (Phi) is 2.83. The van der Waals surface area contributed by atoms with Crippen molar-refractivity contribution in [3.63, 3.8) is 0 Å². The maximum atomic E-state index is 12.4. The predicted molar refractivity (Wildman–Crippen MR) is 45.6 cm³/mol. The minimum absolute atomic E-state index is 0.135. The molecule has 0 bridgehead atoms. The second-order valence-electron chi connectivity index (χ2n) is 2.76. The van der Waals surface area contributed by atoms with Crippen molar-refractivity contribution >= 4 is 0 Å². The van der Waals surface area contributed by atoms with Crippen LogP contribution in [0.4, 0.5) is 8.78 Å². The molecule has 0 radical (unpaired) electrons. The fraction of sp³-hybridized carbons (Fsp3) is 0.333. The van der Waals surface area contributed by atoms with Crippen LogP contribution in [-0.2, 0) is 6.54 Å². The number of rotatable bonds is 3. The molecule has 0 amide bonds. The van der Waals surface area contributed by atoms with Gasteiger partial charge < -0.3 is 10.5 Å². The standard InChI is InChI=1S/C9H11F2NO/c1-9(10,11)13-8-4-2-3-7(5-8)6-12/h2-5H,6,12H2,1H3. The van der Waals surface area contributed by atoms with Gasteiger partial charge in [0.05, 0.1) is 0 Å². The summed E-state index contributed by atoms with van der Waals surface area (Å²) in [5, 5.41) is 0. The van der Waals surface area contributed by atoms with Crippen LogP contribution >= 0.6 is 0 Å². The molecule has 2 N–H and O–H groups in total. The van der Waals surface area contributed by atoms with Crippen molar-refractivity contribution in [1.82, 2.24) is 0 Å². The lowest BCUT2D eigenvalue weighted by Gasteiger charge is -2.13. The summed E-state index contributed by atoms with van der Waals surface area (Å²) < 4.78 is 29.1. The van der Waals surface area contributed by atoms with Crippen molar-refractivity contribution in [3.05, 3.63) is 29.8 Å². The first-order valence-corrected chi connectivity index (χ1v) is 3.87. The normalized spacial score (nSPS) is 11.4. The summed E-state index contributed by atoms with van der Waals surface area (Å²) in [6.07, 6.45) is -3.15. The van der Waals surface area contributed by atoms with Gasteiger partial charge >= 0.3 is 6.11 Å². The highest BCUT2D eigenvalue weighted by molar-refractivity contribution is 5.28. The Balaban J connectivity index is 2.78. The van der Waals surface area contributed by atoms with E-state index in [4.69, 9.17) is 5.73 Å². The molecule has 0 aliphatic heterocycles. The zero-order chi connectivity index (χ0) is 9.90. The van der Waals surface area contributed by atoms with Crippen molar-refractivity contribution < 1.29 is 13.5 Å². The molecule has 0 fully saturated rings. The van der Waals surface area contributed by atoms with Crippen molar-refractivity contribution in [1.29, 1.82) is 0 Å². The van der Waals surface area contributed by atoms with Crippen LogP contribution in [0.25, 0.3) is 0 Å². The van der Waals surface area contributed by atoms with Gasteiger partial charge in [0.1, 0.15) is 5.75 Å². The Labute approximate surface area is 75.3 Å². The summed E-state index contributed by atoms with van der Waals surface area (Å²) in [4.78, 5) is 0. The first kappa shape index (κ1) is 9.92. The van der Waals surface area contributed by atoms with Gasteiger partial charge in [0, 0.05) is 13.5 Å². The van der Waals surface area contributed by atoms with Crippen LogP contribution in [0.5, 0.6) is 5.75 Å². The number of alkyl halides is 2. The fourth-order valence-electron chi connectivity index (χ4n) is 0.943. The first-order valence-electron chi connectivity index (χ1n) is 3.87. The molecule has 1 aromatic carbocycles. The van der Waals surface area contributed by atoms with Crippen molar-refractivity contribution in [3.8, 4) is 5.75 Å². The van der Waals surface area contributed by atoms with Crippen molar-refractivity contribution in [2.24, 2.45) is 5.73 Å². The molecule has 0 aliphatic rings. The van der Waals surface area contributed by atoms with E-state index in [0.29, 0.717) is 13.5 Å². The molecule has 1 aromatic rings. The third-order valence-electron chi connectivity index (χ3n) is 1.43. The minimum Gasteiger partial charge on any atom is -0.433 e. The van der Waals surface area contributed by atoms with Gasteiger partial charge in [-0.1, -0.05) is 12.1 Å². The van der Waals surface area contributed by atoms with Gasteiger partial charge in [-0.15, -0.1) is 0 Å².